The zero-order valence-electron chi connectivity index (χ0n) is 10.6. The molecule has 0 spiro atoms. The second-order valence-electron chi connectivity index (χ2n) is 4.33. The smallest absolute Gasteiger partial charge is 0.123 e. The number of nitrogen functional groups attached to an aromatic ring is 1. The van der Waals surface area contributed by atoms with Crippen molar-refractivity contribution in [3.05, 3.63) is 64.2 Å². The molecule has 0 aromatic heterocycles. The van der Waals surface area contributed by atoms with Crippen LogP contribution in [0.2, 0.25) is 5.02 Å². The molecule has 2 aromatic rings. The first-order valence-corrected chi connectivity index (χ1v) is 7.25. The van der Waals surface area contributed by atoms with Crippen LogP contribution in [-0.4, -0.2) is 5.84 Å². The average Bonchev–Trinajstić information content (AvgIpc) is 2.38. The fourth-order valence-electron chi connectivity index (χ4n) is 1.71. The Bertz CT molecular complexity index is 594. The molecule has 2 rings (SSSR count). The van der Waals surface area contributed by atoms with E-state index in [1.54, 1.807) is 11.8 Å². The summed E-state index contributed by atoms with van der Waals surface area (Å²) < 4.78 is 0. The molecule has 0 heterocycles. The summed E-state index contributed by atoms with van der Waals surface area (Å²) in [5.41, 5.74) is 8.77. The summed E-state index contributed by atoms with van der Waals surface area (Å²) in [6.45, 7) is 2.04. The summed E-state index contributed by atoms with van der Waals surface area (Å²) >= 11 is 7.55. The lowest BCUT2D eigenvalue weighted by Gasteiger charge is -2.09. The third kappa shape index (κ3) is 3.75. The van der Waals surface area contributed by atoms with Gasteiger partial charge in [0.25, 0.3) is 0 Å². The highest BCUT2D eigenvalue weighted by Crippen LogP contribution is 2.27. The summed E-state index contributed by atoms with van der Waals surface area (Å²) in [4.78, 5) is 1.04. The first kappa shape index (κ1) is 14.0. The van der Waals surface area contributed by atoms with E-state index in [-0.39, 0.29) is 5.84 Å². The van der Waals surface area contributed by atoms with Gasteiger partial charge < -0.3 is 5.73 Å². The van der Waals surface area contributed by atoms with Gasteiger partial charge in [0.05, 0.1) is 0 Å². The predicted octanol–water partition coefficient (Wildman–Crippen LogP) is 4.22. The van der Waals surface area contributed by atoms with Crippen molar-refractivity contribution in [3.63, 3.8) is 0 Å². The molecule has 0 bridgehead atoms. The number of nitrogens with one attached hydrogen (secondary N) is 1. The van der Waals surface area contributed by atoms with E-state index >= 15 is 0 Å². The van der Waals surface area contributed by atoms with Gasteiger partial charge in [0.1, 0.15) is 5.84 Å². The summed E-state index contributed by atoms with van der Waals surface area (Å²) in [5.74, 6) is 0.944. The Morgan fingerprint density at radius 3 is 2.53 bits per heavy atom. The Morgan fingerprint density at radius 1 is 1.21 bits per heavy atom. The second kappa shape index (κ2) is 6.13. The van der Waals surface area contributed by atoms with E-state index in [9.17, 15) is 0 Å². The lowest BCUT2D eigenvalue weighted by Crippen LogP contribution is -2.12. The lowest BCUT2D eigenvalue weighted by molar-refractivity contribution is 1.29. The van der Waals surface area contributed by atoms with Crippen molar-refractivity contribution in [2.75, 3.05) is 0 Å². The molecular formula is C15H15ClN2S. The van der Waals surface area contributed by atoms with Crippen molar-refractivity contribution >= 4 is 29.2 Å². The number of hydrogen-bond donors (Lipinski definition) is 2. The van der Waals surface area contributed by atoms with Gasteiger partial charge in [-0.1, -0.05) is 29.8 Å². The number of thioether (sulfide) groups is 1. The minimum Gasteiger partial charge on any atom is -0.384 e. The summed E-state index contributed by atoms with van der Waals surface area (Å²) in [5, 5.41) is 8.35. The van der Waals surface area contributed by atoms with E-state index in [1.165, 1.54) is 11.1 Å². The number of benzene rings is 2. The van der Waals surface area contributed by atoms with Crippen molar-refractivity contribution in [2.24, 2.45) is 5.73 Å². The molecule has 0 fully saturated rings. The number of hydrogen-bond acceptors (Lipinski definition) is 2. The molecule has 0 saturated carbocycles. The molecule has 0 atom stereocenters. The number of rotatable bonds is 4. The van der Waals surface area contributed by atoms with Crippen LogP contribution in [0.1, 0.15) is 16.7 Å². The van der Waals surface area contributed by atoms with Crippen LogP contribution in [0.3, 0.4) is 0 Å². The summed E-state index contributed by atoms with van der Waals surface area (Å²) in [6.07, 6.45) is 0. The van der Waals surface area contributed by atoms with Gasteiger partial charge in [-0.3, -0.25) is 5.41 Å². The lowest BCUT2D eigenvalue weighted by atomic mass is 10.1. The third-order valence-electron chi connectivity index (χ3n) is 2.73. The van der Waals surface area contributed by atoms with Crippen molar-refractivity contribution < 1.29 is 0 Å². The maximum atomic E-state index is 7.60. The Labute approximate surface area is 122 Å². The van der Waals surface area contributed by atoms with Crippen LogP contribution in [0, 0.1) is 12.3 Å². The van der Waals surface area contributed by atoms with Crippen LogP contribution >= 0.6 is 23.4 Å². The van der Waals surface area contributed by atoms with Gasteiger partial charge in [-0.05, 0) is 42.3 Å². The highest BCUT2D eigenvalue weighted by molar-refractivity contribution is 7.98. The van der Waals surface area contributed by atoms with E-state index in [1.807, 2.05) is 43.3 Å². The Kier molecular flexibility index (Phi) is 4.51. The van der Waals surface area contributed by atoms with Crippen molar-refractivity contribution in [1.29, 1.82) is 5.41 Å². The third-order valence-corrected chi connectivity index (χ3v) is 4.11. The molecule has 98 valence electrons. The van der Waals surface area contributed by atoms with Gasteiger partial charge in [-0.25, -0.2) is 0 Å². The molecule has 0 amide bonds. The fraction of sp³-hybridized carbons (Fsp3) is 0.133. The molecule has 19 heavy (non-hydrogen) atoms. The quantitative estimate of drug-likeness (QED) is 0.503. The summed E-state index contributed by atoms with van der Waals surface area (Å²) in [7, 11) is 0. The summed E-state index contributed by atoms with van der Waals surface area (Å²) in [6, 6.07) is 13.7. The number of halogens is 1. The monoisotopic (exact) mass is 290 g/mol. The topological polar surface area (TPSA) is 49.9 Å². The molecule has 0 aliphatic carbocycles. The van der Waals surface area contributed by atoms with Crippen LogP contribution in [0.5, 0.6) is 0 Å². The van der Waals surface area contributed by atoms with E-state index in [2.05, 4.69) is 6.07 Å². The van der Waals surface area contributed by atoms with Crippen LogP contribution in [0.25, 0.3) is 0 Å². The first-order valence-electron chi connectivity index (χ1n) is 5.88. The molecule has 2 aromatic carbocycles. The van der Waals surface area contributed by atoms with Gasteiger partial charge in [-0.2, -0.15) is 0 Å². The Hall–Kier alpha value is -1.45. The molecular weight excluding hydrogens is 276 g/mol. The van der Waals surface area contributed by atoms with Gasteiger partial charge in [0.2, 0.25) is 0 Å². The van der Waals surface area contributed by atoms with E-state index in [4.69, 9.17) is 22.7 Å². The normalized spacial score (nSPS) is 10.4. The first-order chi connectivity index (χ1) is 9.06. The van der Waals surface area contributed by atoms with Gasteiger partial charge >= 0.3 is 0 Å². The highest BCUT2D eigenvalue weighted by atomic mass is 35.5. The van der Waals surface area contributed by atoms with Crippen molar-refractivity contribution in [2.45, 2.75) is 17.6 Å². The van der Waals surface area contributed by atoms with Gasteiger partial charge in [0, 0.05) is 21.2 Å². The van der Waals surface area contributed by atoms with Crippen molar-refractivity contribution in [1.82, 2.24) is 0 Å². The van der Waals surface area contributed by atoms with Gasteiger partial charge in [0.15, 0.2) is 0 Å². The number of amidine groups is 1. The van der Waals surface area contributed by atoms with Crippen molar-refractivity contribution in [3.8, 4) is 0 Å². The molecule has 4 heteroatoms. The van der Waals surface area contributed by atoms with E-state index in [0.717, 1.165) is 21.2 Å². The molecule has 0 radical (unpaired) electrons. The zero-order valence-corrected chi connectivity index (χ0v) is 12.2. The number of nitrogens with two attached hydrogens (primary N) is 1. The number of aryl methyl sites for hydroxylation is 1. The maximum Gasteiger partial charge on any atom is 0.123 e. The average molecular weight is 291 g/mol. The van der Waals surface area contributed by atoms with E-state index in [0.29, 0.717) is 0 Å². The second-order valence-corrected chi connectivity index (χ2v) is 5.78. The molecule has 0 aliphatic rings. The fourth-order valence-corrected chi connectivity index (χ4v) is 2.96. The van der Waals surface area contributed by atoms with Crippen LogP contribution in [0.4, 0.5) is 0 Å². The SMILES string of the molecule is Cc1ccc(C(=N)N)c(SCc2ccc(Cl)cc2)c1. The highest BCUT2D eigenvalue weighted by Gasteiger charge is 2.06. The molecule has 0 aliphatic heterocycles. The largest absolute Gasteiger partial charge is 0.384 e. The molecule has 2 nitrogen and oxygen atoms in total. The molecule has 0 unspecified atom stereocenters. The molecule has 3 N–H and O–H groups in total. The van der Waals surface area contributed by atoms with Crippen LogP contribution < -0.4 is 5.73 Å². The molecule has 0 saturated heterocycles. The predicted molar refractivity (Wildman–Crippen MR) is 83.2 cm³/mol. The van der Waals surface area contributed by atoms with Crippen LogP contribution in [0.15, 0.2) is 47.4 Å². The van der Waals surface area contributed by atoms with Gasteiger partial charge in [-0.15, -0.1) is 11.8 Å². The standard InChI is InChI=1S/C15H15ClN2S/c1-10-2-7-13(15(17)18)14(8-10)19-9-11-3-5-12(16)6-4-11/h2-8H,9H2,1H3,(H3,17,18). The minimum absolute atomic E-state index is 0.110. The maximum absolute atomic E-state index is 7.60. The zero-order chi connectivity index (χ0) is 13.8. The van der Waals surface area contributed by atoms with Crippen LogP contribution in [-0.2, 0) is 5.75 Å². The Morgan fingerprint density at radius 2 is 1.89 bits per heavy atom. The Balaban J connectivity index is 2.16. The van der Waals surface area contributed by atoms with E-state index < -0.39 is 0 Å². The minimum atomic E-state index is 0.110.